The summed E-state index contributed by atoms with van der Waals surface area (Å²) in [5.74, 6) is 0.688. The van der Waals surface area contributed by atoms with Gasteiger partial charge < -0.3 is 10.5 Å². The van der Waals surface area contributed by atoms with Crippen molar-refractivity contribution < 1.29 is 4.74 Å². The molecule has 0 spiro atoms. The summed E-state index contributed by atoms with van der Waals surface area (Å²) in [6, 6.07) is 3.87. The van der Waals surface area contributed by atoms with E-state index in [9.17, 15) is 0 Å². The van der Waals surface area contributed by atoms with Crippen LogP contribution >= 0.6 is 0 Å². The molecule has 0 bridgehead atoms. The van der Waals surface area contributed by atoms with Crippen LogP contribution in [0, 0.1) is 0 Å². The van der Waals surface area contributed by atoms with E-state index in [-0.39, 0.29) is 12.0 Å². The molecule has 0 aromatic carbocycles. The van der Waals surface area contributed by atoms with Crippen molar-refractivity contribution in [1.29, 1.82) is 0 Å². The molecule has 0 fully saturated rings. The topological polar surface area (TPSA) is 48.1 Å². The van der Waals surface area contributed by atoms with Gasteiger partial charge in [-0.2, -0.15) is 0 Å². The average Bonchev–Trinajstić information content (AvgIpc) is 2.30. The summed E-state index contributed by atoms with van der Waals surface area (Å²) in [7, 11) is 1.95. The summed E-state index contributed by atoms with van der Waals surface area (Å²) < 4.78 is 5.38. The molecule has 2 unspecified atom stereocenters. The molecule has 2 N–H and O–H groups in total. The number of aromatic nitrogens is 1. The van der Waals surface area contributed by atoms with Crippen LogP contribution in [0.1, 0.15) is 11.6 Å². The summed E-state index contributed by atoms with van der Waals surface area (Å²) in [5.41, 5.74) is 6.84. The van der Waals surface area contributed by atoms with Crippen molar-refractivity contribution in [3.8, 4) is 5.88 Å². The van der Waals surface area contributed by atoms with Crippen LogP contribution in [0.25, 0.3) is 0 Å². The summed E-state index contributed by atoms with van der Waals surface area (Å²) in [5, 5.41) is 0. The second-order valence-electron chi connectivity index (χ2n) is 2.75. The standard InChI is InChI=1S/C7H9BN2O/c8-6-5(9)4-2-1-3-10-7(4)11-6/h1-3,5-6H,8-9H2. The van der Waals surface area contributed by atoms with Gasteiger partial charge in [-0.25, -0.2) is 4.98 Å². The molecule has 11 heavy (non-hydrogen) atoms. The predicted molar refractivity (Wildman–Crippen MR) is 44.1 cm³/mol. The first-order valence-corrected chi connectivity index (χ1v) is 3.66. The second kappa shape index (κ2) is 2.24. The maximum atomic E-state index is 5.82. The Morgan fingerprint density at radius 3 is 3.18 bits per heavy atom. The molecule has 0 amide bonds. The van der Waals surface area contributed by atoms with E-state index in [1.165, 1.54) is 0 Å². The Morgan fingerprint density at radius 2 is 2.45 bits per heavy atom. The van der Waals surface area contributed by atoms with E-state index < -0.39 is 0 Å². The lowest BCUT2D eigenvalue weighted by Crippen LogP contribution is -2.25. The van der Waals surface area contributed by atoms with Gasteiger partial charge in [0.25, 0.3) is 0 Å². The number of ether oxygens (including phenoxy) is 1. The average molecular weight is 148 g/mol. The first kappa shape index (κ1) is 6.67. The molecule has 1 aromatic rings. The van der Waals surface area contributed by atoms with E-state index in [1.54, 1.807) is 6.20 Å². The van der Waals surface area contributed by atoms with Crippen LogP contribution in [0.15, 0.2) is 18.3 Å². The summed E-state index contributed by atoms with van der Waals surface area (Å²) in [6.07, 6.45) is 1.71. The minimum absolute atomic E-state index is 0.0151. The highest BCUT2D eigenvalue weighted by Crippen LogP contribution is 2.30. The van der Waals surface area contributed by atoms with Crippen LogP contribution in [0.4, 0.5) is 0 Å². The van der Waals surface area contributed by atoms with Crippen molar-refractivity contribution in [1.82, 2.24) is 4.98 Å². The maximum Gasteiger partial charge on any atom is 0.217 e. The zero-order valence-electron chi connectivity index (χ0n) is 6.32. The largest absolute Gasteiger partial charge is 0.482 e. The Kier molecular flexibility index (Phi) is 1.36. The van der Waals surface area contributed by atoms with Crippen LogP contribution in [0.3, 0.4) is 0 Å². The quantitative estimate of drug-likeness (QED) is 0.501. The van der Waals surface area contributed by atoms with Gasteiger partial charge in [-0.05, 0) is 6.07 Å². The van der Waals surface area contributed by atoms with E-state index in [0.717, 1.165) is 5.56 Å². The number of hydrogen-bond donors (Lipinski definition) is 1. The van der Waals surface area contributed by atoms with Crippen LogP contribution < -0.4 is 10.5 Å². The molecular weight excluding hydrogens is 139 g/mol. The molecule has 0 radical (unpaired) electrons. The summed E-state index contributed by atoms with van der Waals surface area (Å²) >= 11 is 0. The smallest absolute Gasteiger partial charge is 0.217 e. The molecule has 4 heteroatoms. The van der Waals surface area contributed by atoms with Gasteiger partial charge >= 0.3 is 0 Å². The first-order valence-electron chi connectivity index (χ1n) is 3.66. The third-order valence-electron chi connectivity index (χ3n) is 1.96. The van der Waals surface area contributed by atoms with Crippen molar-refractivity contribution in [2.75, 3.05) is 0 Å². The van der Waals surface area contributed by atoms with E-state index in [1.807, 2.05) is 20.0 Å². The van der Waals surface area contributed by atoms with Gasteiger partial charge in [0.1, 0.15) is 0 Å². The predicted octanol–water partition coefficient (Wildman–Crippen LogP) is -0.567. The molecule has 1 aliphatic rings. The number of rotatable bonds is 0. The number of pyridine rings is 1. The number of nitrogens with two attached hydrogens (primary N) is 1. The fraction of sp³-hybridized carbons (Fsp3) is 0.286. The molecule has 1 aromatic heterocycles. The molecule has 56 valence electrons. The SMILES string of the molecule is BC1Oc2ncccc2C1N. The summed E-state index contributed by atoms with van der Waals surface area (Å²) in [6.45, 7) is 0. The highest BCUT2D eigenvalue weighted by atomic mass is 16.5. The molecule has 0 saturated heterocycles. The third kappa shape index (κ3) is 0.904. The van der Waals surface area contributed by atoms with E-state index in [2.05, 4.69) is 4.98 Å². The lowest BCUT2D eigenvalue weighted by Gasteiger charge is -2.06. The van der Waals surface area contributed by atoms with Gasteiger partial charge in [0.15, 0.2) is 7.85 Å². The molecule has 0 saturated carbocycles. The minimum Gasteiger partial charge on any atom is -0.482 e. The van der Waals surface area contributed by atoms with Crippen molar-refractivity contribution >= 4 is 7.85 Å². The van der Waals surface area contributed by atoms with E-state index in [4.69, 9.17) is 10.5 Å². The van der Waals surface area contributed by atoms with Gasteiger partial charge in [-0.15, -0.1) is 0 Å². The molecule has 3 nitrogen and oxygen atoms in total. The second-order valence-corrected chi connectivity index (χ2v) is 2.75. The highest BCUT2D eigenvalue weighted by Gasteiger charge is 2.27. The van der Waals surface area contributed by atoms with Crippen molar-refractivity contribution in [3.05, 3.63) is 23.9 Å². The normalized spacial score (nSPS) is 27.7. The van der Waals surface area contributed by atoms with Gasteiger partial charge in [0.05, 0.1) is 12.0 Å². The molecular formula is C7H9BN2O. The van der Waals surface area contributed by atoms with Crippen LogP contribution in [0.2, 0.25) is 0 Å². The number of fused-ring (bicyclic) bond motifs is 1. The minimum atomic E-state index is -0.0151. The summed E-state index contributed by atoms with van der Waals surface area (Å²) in [4.78, 5) is 4.06. The Bertz CT molecular complexity index is 279. The number of hydrogen-bond acceptors (Lipinski definition) is 3. The van der Waals surface area contributed by atoms with Crippen LogP contribution in [0.5, 0.6) is 5.88 Å². The molecule has 2 atom stereocenters. The Balaban J connectivity index is 2.47. The van der Waals surface area contributed by atoms with E-state index in [0.29, 0.717) is 5.88 Å². The Hall–Kier alpha value is -1.03. The van der Waals surface area contributed by atoms with Gasteiger partial charge in [0.2, 0.25) is 5.88 Å². The lowest BCUT2D eigenvalue weighted by atomic mass is 9.91. The fourth-order valence-electron chi connectivity index (χ4n) is 1.26. The monoisotopic (exact) mass is 148 g/mol. The van der Waals surface area contributed by atoms with Crippen molar-refractivity contribution in [2.45, 2.75) is 12.0 Å². The van der Waals surface area contributed by atoms with Gasteiger partial charge in [0, 0.05) is 11.8 Å². The van der Waals surface area contributed by atoms with Gasteiger partial charge in [-0.1, -0.05) is 6.07 Å². The fourth-order valence-corrected chi connectivity index (χ4v) is 1.26. The van der Waals surface area contributed by atoms with Crippen LogP contribution in [-0.2, 0) is 0 Å². The molecule has 2 heterocycles. The molecule has 2 rings (SSSR count). The highest BCUT2D eigenvalue weighted by molar-refractivity contribution is 6.12. The Morgan fingerprint density at radius 1 is 1.64 bits per heavy atom. The molecule has 1 aliphatic heterocycles. The van der Waals surface area contributed by atoms with Gasteiger partial charge in [-0.3, -0.25) is 0 Å². The first-order chi connectivity index (χ1) is 5.29. The number of nitrogens with zero attached hydrogens (tertiary/aromatic N) is 1. The van der Waals surface area contributed by atoms with Crippen LogP contribution in [-0.4, -0.2) is 18.8 Å². The van der Waals surface area contributed by atoms with Crippen molar-refractivity contribution in [3.63, 3.8) is 0 Å². The zero-order chi connectivity index (χ0) is 7.84. The maximum absolute atomic E-state index is 5.82. The van der Waals surface area contributed by atoms with E-state index >= 15 is 0 Å². The molecule has 0 aliphatic carbocycles. The van der Waals surface area contributed by atoms with Crippen molar-refractivity contribution in [2.24, 2.45) is 5.73 Å². The Labute approximate surface area is 66.0 Å². The third-order valence-corrected chi connectivity index (χ3v) is 1.96. The zero-order valence-corrected chi connectivity index (χ0v) is 6.32. The lowest BCUT2D eigenvalue weighted by molar-refractivity contribution is 0.281.